The molecular formula is C17H27N3O. The minimum atomic E-state index is -0.172. The number of carbonyl (C=O) groups is 1. The Morgan fingerprint density at radius 3 is 2.76 bits per heavy atom. The Balaban J connectivity index is 2.04. The fourth-order valence-corrected chi connectivity index (χ4v) is 2.91. The summed E-state index contributed by atoms with van der Waals surface area (Å²) in [5, 5.41) is 3.39. The molecule has 1 N–H and O–H groups in total. The van der Waals surface area contributed by atoms with Gasteiger partial charge in [-0.3, -0.25) is 4.79 Å². The first-order chi connectivity index (χ1) is 10.1. The molecule has 0 bridgehead atoms. The molecule has 1 aliphatic heterocycles. The van der Waals surface area contributed by atoms with Crippen molar-refractivity contribution in [2.75, 3.05) is 40.3 Å². The van der Waals surface area contributed by atoms with Gasteiger partial charge in [-0.15, -0.1) is 0 Å². The third kappa shape index (κ3) is 4.05. The molecule has 1 heterocycles. The molecule has 1 atom stereocenters. The number of rotatable bonds is 6. The van der Waals surface area contributed by atoms with Crippen LogP contribution >= 0.6 is 0 Å². The molecule has 0 aromatic heterocycles. The molecule has 4 nitrogen and oxygen atoms in total. The SMILES string of the molecule is CCN(CCCN(C)C)C(=O)C1NCCc2ccccc21. The average molecular weight is 289 g/mol. The second-order valence-electron chi connectivity index (χ2n) is 5.91. The molecule has 0 saturated heterocycles. The third-order valence-electron chi connectivity index (χ3n) is 4.08. The topological polar surface area (TPSA) is 35.6 Å². The molecule has 0 aliphatic carbocycles. The maximum absolute atomic E-state index is 12.8. The molecule has 116 valence electrons. The number of amides is 1. The lowest BCUT2D eigenvalue weighted by Gasteiger charge is -2.31. The summed E-state index contributed by atoms with van der Waals surface area (Å²) in [7, 11) is 4.13. The van der Waals surface area contributed by atoms with Gasteiger partial charge in [0.2, 0.25) is 5.91 Å². The highest BCUT2D eigenvalue weighted by Crippen LogP contribution is 2.24. The van der Waals surface area contributed by atoms with Gasteiger partial charge < -0.3 is 15.1 Å². The molecule has 1 amide bonds. The highest BCUT2D eigenvalue weighted by molar-refractivity contribution is 5.84. The van der Waals surface area contributed by atoms with Gasteiger partial charge in [-0.05, 0) is 51.5 Å². The standard InChI is InChI=1S/C17H27N3O/c1-4-20(13-7-12-19(2)3)17(21)16-15-9-6-5-8-14(15)10-11-18-16/h5-6,8-9,16,18H,4,7,10-13H2,1-3H3. The summed E-state index contributed by atoms with van der Waals surface area (Å²) in [6, 6.07) is 8.12. The summed E-state index contributed by atoms with van der Waals surface area (Å²) < 4.78 is 0. The van der Waals surface area contributed by atoms with Crippen LogP contribution in [0.4, 0.5) is 0 Å². The van der Waals surface area contributed by atoms with Crippen molar-refractivity contribution in [3.63, 3.8) is 0 Å². The first kappa shape index (κ1) is 16.0. The summed E-state index contributed by atoms with van der Waals surface area (Å²) in [5.74, 6) is 0.211. The Kier molecular flexibility index (Phi) is 5.76. The van der Waals surface area contributed by atoms with E-state index in [1.54, 1.807) is 0 Å². The lowest BCUT2D eigenvalue weighted by Crippen LogP contribution is -2.44. The first-order valence-corrected chi connectivity index (χ1v) is 7.88. The highest BCUT2D eigenvalue weighted by Gasteiger charge is 2.28. The van der Waals surface area contributed by atoms with Gasteiger partial charge >= 0.3 is 0 Å². The van der Waals surface area contributed by atoms with E-state index >= 15 is 0 Å². The van der Waals surface area contributed by atoms with Crippen LogP contribution in [0.15, 0.2) is 24.3 Å². The zero-order valence-electron chi connectivity index (χ0n) is 13.4. The Morgan fingerprint density at radius 2 is 2.05 bits per heavy atom. The normalized spacial score (nSPS) is 17.6. The molecule has 0 spiro atoms. The van der Waals surface area contributed by atoms with Crippen LogP contribution in [-0.4, -0.2) is 56.0 Å². The van der Waals surface area contributed by atoms with E-state index in [-0.39, 0.29) is 11.9 Å². The lowest BCUT2D eigenvalue weighted by molar-refractivity contribution is -0.133. The smallest absolute Gasteiger partial charge is 0.244 e. The minimum Gasteiger partial charge on any atom is -0.341 e. The predicted octanol–water partition coefficient (Wildman–Crippen LogP) is 1.67. The summed E-state index contributed by atoms with van der Waals surface area (Å²) >= 11 is 0. The maximum atomic E-state index is 12.8. The number of fused-ring (bicyclic) bond motifs is 1. The fraction of sp³-hybridized carbons (Fsp3) is 0.588. The zero-order chi connectivity index (χ0) is 15.2. The van der Waals surface area contributed by atoms with E-state index in [9.17, 15) is 4.79 Å². The number of nitrogens with one attached hydrogen (secondary N) is 1. The lowest BCUT2D eigenvalue weighted by atomic mass is 9.93. The Morgan fingerprint density at radius 1 is 1.29 bits per heavy atom. The van der Waals surface area contributed by atoms with Crippen LogP contribution < -0.4 is 5.32 Å². The zero-order valence-corrected chi connectivity index (χ0v) is 13.4. The molecule has 4 heteroatoms. The van der Waals surface area contributed by atoms with Gasteiger partial charge in [0.25, 0.3) is 0 Å². The van der Waals surface area contributed by atoms with Gasteiger partial charge in [-0.1, -0.05) is 24.3 Å². The van der Waals surface area contributed by atoms with E-state index < -0.39 is 0 Å². The van der Waals surface area contributed by atoms with Crippen LogP contribution in [0.25, 0.3) is 0 Å². The van der Waals surface area contributed by atoms with Crippen molar-refractivity contribution in [3.05, 3.63) is 35.4 Å². The third-order valence-corrected chi connectivity index (χ3v) is 4.08. The number of likely N-dealkylation sites (N-methyl/N-ethyl adjacent to an activating group) is 1. The number of hydrogen-bond donors (Lipinski definition) is 1. The Bertz CT molecular complexity index is 473. The van der Waals surface area contributed by atoms with Crippen LogP contribution in [0.3, 0.4) is 0 Å². The molecule has 21 heavy (non-hydrogen) atoms. The highest BCUT2D eigenvalue weighted by atomic mass is 16.2. The molecule has 2 rings (SSSR count). The summed E-state index contributed by atoms with van der Waals surface area (Å²) in [6.07, 6.45) is 2.02. The van der Waals surface area contributed by atoms with Gasteiger partial charge in [0.15, 0.2) is 0 Å². The molecule has 0 radical (unpaired) electrons. The summed E-state index contributed by atoms with van der Waals surface area (Å²) in [5.41, 5.74) is 2.46. The molecule has 1 aromatic carbocycles. The fourth-order valence-electron chi connectivity index (χ4n) is 2.91. The van der Waals surface area contributed by atoms with E-state index in [2.05, 4.69) is 49.4 Å². The van der Waals surface area contributed by atoms with Crippen LogP contribution in [0.2, 0.25) is 0 Å². The van der Waals surface area contributed by atoms with Crippen LogP contribution in [0.1, 0.15) is 30.5 Å². The van der Waals surface area contributed by atoms with Crippen molar-refractivity contribution in [1.29, 1.82) is 0 Å². The maximum Gasteiger partial charge on any atom is 0.244 e. The summed E-state index contributed by atoms with van der Waals surface area (Å²) in [4.78, 5) is 17.0. The van der Waals surface area contributed by atoms with Crippen molar-refractivity contribution >= 4 is 5.91 Å². The molecule has 0 fully saturated rings. The van der Waals surface area contributed by atoms with E-state index in [0.29, 0.717) is 0 Å². The van der Waals surface area contributed by atoms with Gasteiger partial charge in [0.05, 0.1) is 0 Å². The summed E-state index contributed by atoms with van der Waals surface area (Å²) in [6.45, 7) is 5.55. The molecule has 1 unspecified atom stereocenters. The van der Waals surface area contributed by atoms with Gasteiger partial charge in [0, 0.05) is 19.6 Å². The molecule has 1 aliphatic rings. The van der Waals surface area contributed by atoms with Crippen LogP contribution in [0, 0.1) is 0 Å². The first-order valence-electron chi connectivity index (χ1n) is 7.88. The van der Waals surface area contributed by atoms with Crippen molar-refractivity contribution in [1.82, 2.24) is 15.1 Å². The van der Waals surface area contributed by atoms with Gasteiger partial charge in [-0.2, -0.15) is 0 Å². The molecular weight excluding hydrogens is 262 g/mol. The largest absolute Gasteiger partial charge is 0.341 e. The van der Waals surface area contributed by atoms with Crippen molar-refractivity contribution in [2.24, 2.45) is 0 Å². The van der Waals surface area contributed by atoms with E-state index in [0.717, 1.165) is 44.6 Å². The van der Waals surface area contributed by atoms with E-state index in [4.69, 9.17) is 0 Å². The van der Waals surface area contributed by atoms with E-state index in [1.165, 1.54) is 5.56 Å². The van der Waals surface area contributed by atoms with Gasteiger partial charge in [-0.25, -0.2) is 0 Å². The van der Waals surface area contributed by atoms with Crippen molar-refractivity contribution in [3.8, 4) is 0 Å². The Hall–Kier alpha value is -1.39. The number of nitrogens with zero attached hydrogens (tertiary/aromatic N) is 2. The van der Waals surface area contributed by atoms with Crippen LogP contribution in [0.5, 0.6) is 0 Å². The molecule has 1 aromatic rings. The van der Waals surface area contributed by atoms with Crippen molar-refractivity contribution in [2.45, 2.75) is 25.8 Å². The second-order valence-corrected chi connectivity index (χ2v) is 5.91. The monoisotopic (exact) mass is 289 g/mol. The predicted molar refractivity (Wildman–Crippen MR) is 86.3 cm³/mol. The van der Waals surface area contributed by atoms with E-state index in [1.807, 2.05) is 11.0 Å². The average Bonchev–Trinajstić information content (AvgIpc) is 2.50. The molecule has 0 saturated carbocycles. The van der Waals surface area contributed by atoms with Crippen LogP contribution in [-0.2, 0) is 11.2 Å². The number of carbonyl (C=O) groups excluding carboxylic acids is 1. The second kappa shape index (κ2) is 7.57. The minimum absolute atomic E-state index is 0.172. The number of hydrogen-bond acceptors (Lipinski definition) is 3. The quantitative estimate of drug-likeness (QED) is 0.865. The number of benzene rings is 1. The Labute approximate surface area is 128 Å². The van der Waals surface area contributed by atoms with Gasteiger partial charge in [0.1, 0.15) is 6.04 Å². The van der Waals surface area contributed by atoms with Crippen molar-refractivity contribution < 1.29 is 4.79 Å².